The molecule has 0 fully saturated rings. The second kappa shape index (κ2) is 13.6. The Hall–Kier alpha value is -0.365. The summed E-state index contributed by atoms with van der Waals surface area (Å²) in [5.74, 6) is 2.50. The zero-order chi connectivity index (χ0) is 15.2. The average molecular weight is 292 g/mol. The predicted octanol–water partition coefficient (Wildman–Crippen LogP) is 5.58. The Morgan fingerprint density at radius 2 is 1.50 bits per heavy atom. The zero-order valence-electron chi connectivity index (χ0n) is 14.3. The third kappa shape index (κ3) is 14.1. The smallest absolute Gasteiger partial charge is 0.101 e. The maximum Gasteiger partial charge on any atom is 0.101 e. The minimum atomic E-state index is 1.19. The molecular weight excluding hydrogens is 259 g/mol. The molecule has 0 aromatic rings. The molecular formula is C18H33BS. The average Bonchev–Trinajstić information content (AvgIpc) is 2.38. The van der Waals surface area contributed by atoms with Crippen LogP contribution in [0.25, 0.3) is 0 Å². The monoisotopic (exact) mass is 292 g/mol. The van der Waals surface area contributed by atoms with Crippen molar-refractivity contribution in [3.63, 3.8) is 0 Å². The standard InChI is InChI=1S/C18H33BS/c1-16(2)8-5-9-17(3)10-6-11-18(4)12-15-20-14-7-13-19/h8,10,12H,5-7,9,11,13-15,19H2,1-4H3/b17-10+,18-12+. The highest BCUT2D eigenvalue weighted by atomic mass is 32.2. The van der Waals surface area contributed by atoms with Crippen molar-refractivity contribution >= 4 is 19.6 Å². The molecule has 0 aliphatic rings. The van der Waals surface area contributed by atoms with Gasteiger partial charge in [-0.15, -0.1) is 0 Å². The van der Waals surface area contributed by atoms with Gasteiger partial charge in [0.05, 0.1) is 0 Å². The summed E-state index contributed by atoms with van der Waals surface area (Å²) in [4.78, 5) is 0. The topological polar surface area (TPSA) is 0 Å². The molecule has 2 heteroatoms. The molecule has 0 N–H and O–H groups in total. The van der Waals surface area contributed by atoms with Gasteiger partial charge in [-0.1, -0.05) is 47.7 Å². The van der Waals surface area contributed by atoms with Gasteiger partial charge in [0.25, 0.3) is 0 Å². The maximum absolute atomic E-state index is 2.42. The fourth-order valence-electron chi connectivity index (χ4n) is 1.87. The first-order valence-electron chi connectivity index (χ1n) is 8.08. The van der Waals surface area contributed by atoms with E-state index in [9.17, 15) is 0 Å². The van der Waals surface area contributed by atoms with Gasteiger partial charge in [-0.3, -0.25) is 0 Å². The maximum atomic E-state index is 2.42. The van der Waals surface area contributed by atoms with E-state index in [4.69, 9.17) is 0 Å². The molecule has 0 aromatic carbocycles. The van der Waals surface area contributed by atoms with Crippen LogP contribution in [0.5, 0.6) is 0 Å². The van der Waals surface area contributed by atoms with Crippen molar-refractivity contribution in [1.29, 1.82) is 0 Å². The van der Waals surface area contributed by atoms with Gasteiger partial charge in [0.15, 0.2) is 0 Å². The lowest BCUT2D eigenvalue weighted by molar-refractivity contribution is 0.917. The van der Waals surface area contributed by atoms with Crippen molar-refractivity contribution in [1.82, 2.24) is 0 Å². The van der Waals surface area contributed by atoms with Gasteiger partial charge >= 0.3 is 0 Å². The number of thioether (sulfide) groups is 1. The minimum absolute atomic E-state index is 1.19. The van der Waals surface area contributed by atoms with E-state index in [1.165, 1.54) is 61.1 Å². The van der Waals surface area contributed by atoms with Gasteiger partial charge in [-0.25, -0.2) is 0 Å². The lowest BCUT2D eigenvalue weighted by atomic mass is 10.0. The van der Waals surface area contributed by atoms with Crippen molar-refractivity contribution < 1.29 is 0 Å². The molecule has 0 nitrogen and oxygen atoms in total. The zero-order valence-corrected chi connectivity index (χ0v) is 15.1. The molecule has 0 saturated carbocycles. The SMILES string of the molecule is BCCCSC/C=C(\C)CC/C=C(\C)CCC=C(C)C. The Morgan fingerprint density at radius 3 is 2.10 bits per heavy atom. The van der Waals surface area contributed by atoms with Crippen LogP contribution in [0, 0.1) is 0 Å². The molecule has 0 amide bonds. The van der Waals surface area contributed by atoms with Gasteiger partial charge in [-0.2, -0.15) is 11.8 Å². The number of rotatable bonds is 11. The van der Waals surface area contributed by atoms with Gasteiger partial charge in [0.2, 0.25) is 0 Å². The van der Waals surface area contributed by atoms with Crippen LogP contribution >= 0.6 is 11.8 Å². The lowest BCUT2D eigenvalue weighted by Crippen LogP contribution is -1.84. The van der Waals surface area contributed by atoms with E-state index in [1.807, 2.05) is 0 Å². The van der Waals surface area contributed by atoms with E-state index < -0.39 is 0 Å². The van der Waals surface area contributed by atoms with Crippen LogP contribution in [0.2, 0.25) is 6.32 Å². The van der Waals surface area contributed by atoms with Crippen LogP contribution in [0.3, 0.4) is 0 Å². The van der Waals surface area contributed by atoms with Crippen LogP contribution in [0.15, 0.2) is 34.9 Å². The molecule has 0 aliphatic carbocycles. The molecule has 0 aliphatic heterocycles. The van der Waals surface area contributed by atoms with Crippen molar-refractivity contribution in [2.45, 2.75) is 66.1 Å². The summed E-state index contributed by atoms with van der Waals surface area (Å²) in [5.41, 5.74) is 4.51. The highest BCUT2D eigenvalue weighted by Crippen LogP contribution is 2.12. The van der Waals surface area contributed by atoms with E-state index in [0.29, 0.717) is 0 Å². The van der Waals surface area contributed by atoms with Gasteiger partial charge in [-0.05, 0) is 59.1 Å². The van der Waals surface area contributed by atoms with Gasteiger partial charge in [0.1, 0.15) is 7.85 Å². The highest BCUT2D eigenvalue weighted by Gasteiger charge is 1.92. The molecule has 0 saturated heterocycles. The fourth-order valence-corrected chi connectivity index (χ4v) is 2.93. The molecule has 0 aromatic heterocycles. The third-order valence-electron chi connectivity index (χ3n) is 3.31. The van der Waals surface area contributed by atoms with E-state index >= 15 is 0 Å². The Balaban J connectivity index is 3.74. The summed E-state index contributed by atoms with van der Waals surface area (Å²) in [6.07, 6.45) is 14.6. The molecule has 0 spiro atoms. The summed E-state index contributed by atoms with van der Waals surface area (Å²) < 4.78 is 0. The summed E-state index contributed by atoms with van der Waals surface area (Å²) >= 11 is 2.06. The predicted molar refractivity (Wildman–Crippen MR) is 101 cm³/mol. The first-order valence-corrected chi connectivity index (χ1v) is 9.24. The Labute approximate surface area is 132 Å². The van der Waals surface area contributed by atoms with Crippen LogP contribution < -0.4 is 0 Å². The molecule has 0 bridgehead atoms. The van der Waals surface area contributed by atoms with Crippen molar-refractivity contribution in [3.05, 3.63) is 34.9 Å². The minimum Gasteiger partial charge on any atom is -0.158 e. The van der Waals surface area contributed by atoms with Crippen LogP contribution in [-0.2, 0) is 0 Å². The highest BCUT2D eigenvalue weighted by molar-refractivity contribution is 7.99. The summed E-state index contributed by atoms with van der Waals surface area (Å²) in [5, 5.41) is 0. The largest absolute Gasteiger partial charge is 0.158 e. The van der Waals surface area contributed by atoms with Crippen LogP contribution in [0.1, 0.15) is 59.8 Å². The first kappa shape index (κ1) is 19.6. The number of hydrogen-bond donors (Lipinski definition) is 0. The molecule has 20 heavy (non-hydrogen) atoms. The molecule has 0 rings (SSSR count). The summed E-state index contributed by atoms with van der Waals surface area (Å²) in [6, 6.07) is 0. The van der Waals surface area contributed by atoms with E-state index in [2.05, 4.69) is 65.5 Å². The Kier molecular flexibility index (Phi) is 13.4. The fraction of sp³-hybridized carbons (Fsp3) is 0.667. The second-order valence-corrected chi connectivity index (χ2v) is 7.04. The lowest BCUT2D eigenvalue weighted by Gasteiger charge is -2.02. The van der Waals surface area contributed by atoms with E-state index in [0.717, 1.165) is 0 Å². The third-order valence-corrected chi connectivity index (χ3v) is 4.29. The summed E-state index contributed by atoms with van der Waals surface area (Å²) in [7, 11) is 2.26. The van der Waals surface area contributed by atoms with Crippen LogP contribution in [0.4, 0.5) is 0 Å². The Bertz CT molecular complexity index is 322. The molecule has 0 heterocycles. The van der Waals surface area contributed by atoms with Gasteiger partial charge < -0.3 is 0 Å². The second-order valence-electron chi connectivity index (χ2n) is 5.89. The molecule has 0 unspecified atom stereocenters. The van der Waals surface area contributed by atoms with E-state index in [-0.39, 0.29) is 0 Å². The summed E-state index contributed by atoms with van der Waals surface area (Å²) in [6.45, 7) is 8.88. The van der Waals surface area contributed by atoms with Gasteiger partial charge in [0, 0.05) is 5.75 Å². The first-order chi connectivity index (χ1) is 9.56. The molecule has 114 valence electrons. The number of allylic oxidation sites excluding steroid dienone is 5. The normalized spacial score (nSPS) is 12.6. The Morgan fingerprint density at radius 1 is 0.900 bits per heavy atom. The van der Waals surface area contributed by atoms with Crippen molar-refractivity contribution in [2.75, 3.05) is 11.5 Å². The van der Waals surface area contributed by atoms with E-state index in [1.54, 1.807) is 5.57 Å². The quantitative estimate of drug-likeness (QED) is 0.272. The van der Waals surface area contributed by atoms with Crippen LogP contribution in [-0.4, -0.2) is 19.4 Å². The van der Waals surface area contributed by atoms with Crippen molar-refractivity contribution in [2.24, 2.45) is 0 Å². The molecule has 0 radical (unpaired) electrons. The molecule has 0 atom stereocenters. The van der Waals surface area contributed by atoms with Crippen molar-refractivity contribution in [3.8, 4) is 0 Å². The number of hydrogen-bond acceptors (Lipinski definition) is 1.